The fraction of sp³-hybridized carbons (Fsp3) is 0.118. The van der Waals surface area contributed by atoms with Gasteiger partial charge in [-0.1, -0.05) is 0 Å². The summed E-state index contributed by atoms with van der Waals surface area (Å²) in [7, 11) is -5.71. The molecule has 0 aromatic heterocycles. The summed E-state index contributed by atoms with van der Waals surface area (Å²) in [6, 6.07) is 0. The molecule has 2 amide bonds. The zero-order valence-electron chi connectivity index (χ0n) is 16.5. The molecule has 2 aromatic carbocycles. The number of halogens is 7. The average Bonchev–Trinajstić information content (AvgIpc) is 2.69. The van der Waals surface area contributed by atoms with Crippen LogP contribution in [-0.2, 0) is 19.7 Å². The fourth-order valence-corrected chi connectivity index (χ4v) is 7.24. The standard InChI is InChI=1S/C17H9F4I3N2O7S/c1-3(27)25-13-10(22)5(11(23)14(12(13)24)26-4(2)28)17(29)33-15-6(18)8(20)16(34(30,31)32)9(21)7(15)19/h1-2H3,(H,25,27)(H,26,28)(H,30,31,32). The van der Waals surface area contributed by atoms with Crippen LogP contribution < -0.4 is 15.4 Å². The summed E-state index contributed by atoms with van der Waals surface area (Å²) >= 11 is 4.95. The number of carbonyl (C=O) groups excluding carboxylic acids is 3. The highest BCUT2D eigenvalue weighted by Crippen LogP contribution is 2.40. The van der Waals surface area contributed by atoms with E-state index in [1.807, 2.05) is 0 Å². The molecule has 0 atom stereocenters. The van der Waals surface area contributed by atoms with Crippen LogP contribution in [0.5, 0.6) is 5.75 Å². The number of ether oxygens (including phenoxy) is 1. The maximum absolute atomic E-state index is 14.3. The summed E-state index contributed by atoms with van der Waals surface area (Å²) in [5, 5.41) is 4.85. The van der Waals surface area contributed by atoms with Crippen LogP contribution in [0.3, 0.4) is 0 Å². The Morgan fingerprint density at radius 2 is 1.18 bits per heavy atom. The summed E-state index contributed by atoms with van der Waals surface area (Å²) in [6.07, 6.45) is 0. The van der Waals surface area contributed by atoms with Crippen molar-refractivity contribution in [3.63, 3.8) is 0 Å². The van der Waals surface area contributed by atoms with E-state index in [0.717, 1.165) is 13.8 Å². The molecule has 34 heavy (non-hydrogen) atoms. The lowest BCUT2D eigenvalue weighted by atomic mass is 10.1. The van der Waals surface area contributed by atoms with Crippen LogP contribution in [0.1, 0.15) is 24.2 Å². The third-order valence-corrected chi connectivity index (χ3v) is 7.87. The van der Waals surface area contributed by atoms with Crippen LogP contribution >= 0.6 is 67.8 Å². The Balaban J connectivity index is 2.77. The lowest BCUT2D eigenvalue weighted by Gasteiger charge is -2.19. The largest absolute Gasteiger partial charge is 0.416 e. The summed E-state index contributed by atoms with van der Waals surface area (Å²) in [5.41, 5.74) is -0.415. The second-order valence-electron chi connectivity index (χ2n) is 6.21. The molecule has 0 aliphatic heterocycles. The van der Waals surface area contributed by atoms with Crippen molar-refractivity contribution in [2.45, 2.75) is 18.7 Å². The number of nitrogens with one attached hydrogen (secondary N) is 2. The van der Waals surface area contributed by atoms with Gasteiger partial charge in [-0.25, -0.2) is 13.6 Å². The number of hydrogen-bond acceptors (Lipinski definition) is 6. The normalized spacial score (nSPS) is 11.2. The molecule has 0 radical (unpaired) electrons. The smallest absolute Gasteiger partial charge is 0.346 e. The van der Waals surface area contributed by atoms with E-state index in [1.165, 1.54) is 0 Å². The van der Waals surface area contributed by atoms with E-state index < -0.39 is 67.4 Å². The van der Waals surface area contributed by atoms with Crippen LogP contribution in [0.4, 0.5) is 28.9 Å². The number of benzene rings is 2. The van der Waals surface area contributed by atoms with E-state index in [2.05, 4.69) is 15.4 Å². The molecule has 17 heteroatoms. The predicted molar refractivity (Wildman–Crippen MR) is 134 cm³/mol. The predicted octanol–water partition coefficient (Wildman–Crippen LogP) is 4.44. The number of carbonyl (C=O) groups is 3. The molecule has 184 valence electrons. The maximum atomic E-state index is 14.3. The van der Waals surface area contributed by atoms with E-state index in [1.54, 1.807) is 67.8 Å². The first-order valence-electron chi connectivity index (χ1n) is 8.31. The van der Waals surface area contributed by atoms with Gasteiger partial charge in [0, 0.05) is 13.8 Å². The van der Waals surface area contributed by atoms with Gasteiger partial charge in [0.15, 0.2) is 16.5 Å². The van der Waals surface area contributed by atoms with Crippen LogP contribution in [0.15, 0.2) is 4.90 Å². The Labute approximate surface area is 229 Å². The third-order valence-electron chi connectivity index (χ3n) is 3.76. The first-order valence-corrected chi connectivity index (χ1v) is 13.0. The molecule has 0 saturated carbocycles. The van der Waals surface area contributed by atoms with Crippen molar-refractivity contribution < 1.29 is 49.7 Å². The second-order valence-corrected chi connectivity index (χ2v) is 10.8. The molecule has 0 aliphatic rings. The SMILES string of the molecule is CC(=O)Nc1c(I)c(NC(C)=O)c(I)c(C(=O)Oc2c(F)c(F)c(S(=O)(=O)O)c(F)c2F)c1I. The molecule has 0 bridgehead atoms. The van der Waals surface area contributed by atoms with Crippen LogP contribution in [-0.4, -0.2) is 30.8 Å². The van der Waals surface area contributed by atoms with E-state index in [-0.39, 0.29) is 22.1 Å². The van der Waals surface area contributed by atoms with Gasteiger partial charge in [-0.3, -0.25) is 14.1 Å². The topological polar surface area (TPSA) is 139 Å². The number of anilines is 2. The van der Waals surface area contributed by atoms with Gasteiger partial charge in [0.2, 0.25) is 29.2 Å². The molecule has 3 N–H and O–H groups in total. The quantitative estimate of drug-likeness (QED) is 0.101. The highest BCUT2D eigenvalue weighted by Gasteiger charge is 2.35. The molecule has 2 aromatic rings. The first-order chi connectivity index (χ1) is 15.5. The zero-order chi connectivity index (χ0) is 26.3. The third kappa shape index (κ3) is 5.73. The van der Waals surface area contributed by atoms with Crippen LogP contribution in [0.2, 0.25) is 0 Å². The number of rotatable bonds is 5. The molecule has 0 fully saturated rings. The van der Waals surface area contributed by atoms with Gasteiger partial charge in [-0.05, 0) is 67.8 Å². The highest BCUT2D eigenvalue weighted by atomic mass is 127. The van der Waals surface area contributed by atoms with Gasteiger partial charge in [0.05, 0.1) is 27.6 Å². The summed E-state index contributed by atoms with van der Waals surface area (Å²) in [4.78, 5) is 33.8. The van der Waals surface area contributed by atoms with Gasteiger partial charge in [0.1, 0.15) is 0 Å². The Bertz CT molecular complexity index is 1300. The fourth-order valence-electron chi connectivity index (χ4n) is 2.47. The van der Waals surface area contributed by atoms with E-state index in [9.17, 15) is 40.4 Å². The Morgan fingerprint density at radius 1 is 0.794 bits per heavy atom. The van der Waals surface area contributed by atoms with E-state index in [4.69, 9.17) is 4.55 Å². The highest BCUT2D eigenvalue weighted by molar-refractivity contribution is 14.1. The van der Waals surface area contributed by atoms with Gasteiger partial charge < -0.3 is 15.4 Å². The minimum atomic E-state index is -5.71. The number of amides is 2. The zero-order valence-corrected chi connectivity index (χ0v) is 23.7. The number of esters is 1. The summed E-state index contributed by atoms with van der Waals surface area (Å²) in [6.45, 7) is 2.29. The molecule has 0 spiro atoms. The van der Waals surface area contributed by atoms with Crippen LogP contribution in [0, 0.1) is 34.0 Å². The van der Waals surface area contributed by atoms with Gasteiger partial charge in [-0.2, -0.15) is 17.2 Å². The first kappa shape index (κ1) is 28.9. The molecular formula is C17H9F4I3N2O7S. The van der Waals surface area contributed by atoms with Crippen molar-refractivity contribution in [2.24, 2.45) is 0 Å². The molecule has 0 aliphatic carbocycles. The summed E-state index contributed by atoms with van der Waals surface area (Å²) in [5.74, 6) is -14.5. The average molecular weight is 842 g/mol. The van der Waals surface area contributed by atoms with Crippen molar-refractivity contribution in [1.82, 2.24) is 0 Å². The van der Waals surface area contributed by atoms with E-state index >= 15 is 0 Å². The van der Waals surface area contributed by atoms with Crippen molar-refractivity contribution >= 4 is 107 Å². The molecule has 9 nitrogen and oxygen atoms in total. The Hall–Kier alpha value is -1.33. The van der Waals surface area contributed by atoms with Gasteiger partial charge >= 0.3 is 16.1 Å². The van der Waals surface area contributed by atoms with Crippen molar-refractivity contribution in [1.29, 1.82) is 0 Å². The van der Waals surface area contributed by atoms with Crippen molar-refractivity contribution in [3.8, 4) is 5.75 Å². The molecule has 0 saturated heterocycles. The molecule has 0 unspecified atom stereocenters. The lowest BCUT2D eigenvalue weighted by Crippen LogP contribution is -2.21. The molecule has 2 rings (SSSR count). The van der Waals surface area contributed by atoms with Crippen molar-refractivity contribution in [3.05, 3.63) is 39.5 Å². The Morgan fingerprint density at radius 3 is 1.50 bits per heavy atom. The Kier molecular flexibility index (Phi) is 9.13. The monoisotopic (exact) mass is 842 g/mol. The molecular weight excluding hydrogens is 833 g/mol. The van der Waals surface area contributed by atoms with E-state index in [0.29, 0.717) is 0 Å². The van der Waals surface area contributed by atoms with Gasteiger partial charge in [-0.15, -0.1) is 0 Å². The van der Waals surface area contributed by atoms with Crippen LogP contribution in [0.25, 0.3) is 0 Å². The van der Waals surface area contributed by atoms with Crippen molar-refractivity contribution in [2.75, 3.05) is 10.6 Å². The summed E-state index contributed by atoms with van der Waals surface area (Å²) < 4.78 is 92.5. The lowest BCUT2D eigenvalue weighted by molar-refractivity contribution is -0.115. The maximum Gasteiger partial charge on any atom is 0.346 e. The second kappa shape index (κ2) is 10.7. The number of hydrogen-bond donors (Lipinski definition) is 3. The van der Waals surface area contributed by atoms with Gasteiger partial charge in [0.25, 0.3) is 0 Å². The molecule has 0 heterocycles. The minimum Gasteiger partial charge on any atom is -0.416 e. The minimum absolute atomic E-state index is 0.0166.